The summed E-state index contributed by atoms with van der Waals surface area (Å²) in [4.78, 5) is 16.3. The molecule has 0 unspecified atom stereocenters. The monoisotopic (exact) mass is 537 g/mol. The standard InChI is InChI=1S/C31H34F3N3O2/c1-20-2-5-24(37-14-10-23(11-15-37)31(35)38)16-26(20)22-8-12-36(13-9-22)19-21-3-6-25(7-4-21)39-30-18-28(33)27(32)17-29(30)34/h2-7,16-18,22-23H,8-15,19H2,1H3,(H2,35,38). The van der Waals surface area contributed by atoms with Crippen LogP contribution in [0.4, 0.5) is 18.9 Å². The van der Waals surface area contributed by atoms with Gasteiger partial charge in [0.25, 0.3) is 0 Å². The molecule has 0 bridgehead atoms. The van der Waals surface area contributed by atoms with Gasteiger partial charge in [-0.3, -0.25) is 9.69 Å². The lowest BCUT2D eigenvalue weighted by Crippen LogP contribution is -2.38. The predicted molar refractivity (Wildman–Crippen MR) is 145 cm³/mol. The highest BCUT2D eigenvalue weighted by molar-refractivity contribution is 5.77. The van der Waals surface area contributed by atoms with Gasteiger partial charge in [-0.05, 0) is 92.6 Å². The van der Waals surface area contributed by atoms with E-state index >= 15 is 0 Å². The molecule has 2 aliphatic rings. The van der Waals surface area contributed by atoms with E-state index in [1.165, 1.54) is 16.8 Å². The lowest BCUT2D eigenvalue weighted by molar-refractivity contribution is -0.122. The number of halogens is 3. The summed E-state index contributed by atoms with van der Waals surface area (Å²) >= 11 is 0. The zero-order valence-corrected chi connectivity index (χ0v) is 22.1. The van der Waals surface area contributed by atoms with Crippen molar-refractivity contribution in [3.8, 4) is 11.5 Å². The largest absolute Gasteiger partial charge is 0.454 e. The van der Waals surface area contributed by atoms with E-state index in [2.05, 4.69) is 34.9 Å². The molecule has 5 rings (SSSR count). The first kappa shape index (κ1) is 27.1. The van der Waals surface area contributed by atoms with Gasteiger partial charge in [0, 0.05) is 43.4 Å². The number of piperidine rings is 2. The molecule has 3 aromatic rings. The van der Waals surface area contributed by atoms with Crippen molar-refractivity contribution in [3.63, 3.8) is 0 Å². The molecule has 0 spiro atoms. The van der Waals surface area contributed by atoms with Crippen molar-refractivity contribution < 1.29 is 22.7 Å². The molecule has 2 fully saturated rings. The highest BCUT2D eigenvalue weighted by Gasteiger charge is 2.26. The number of nitrogens with two attached hydrogens (primary N) is 1. The number of ether oxygens (including phenoxy) is 1. The second-order valence-electron chi connectivity index (χ2n) is 10.7. The van der Waals surface area contributed by atoms with Crippen LogP contribution in [-0.4, -0.2) is 37.0 Å². The van der Waals surface area contributed by atoms with Crippen LogP contribution in [0.25, 0.3) is 0 Å². The van der Waals surface area contributed by atoms with Crippen LogP contribution in [0, 0.1) is 30.3 Å². The van der Waals surface area contributed by atoms with Gasteiger partial charge in [-0.15, -0.1) is 0 Å². The Morgan fingerprint density at radius 3 is 2.21 bits per heavy atom. The fourth-order valence-electron chi connectivity index (χ4n) is 5.72. The summed E-state index contributed by atoms with van der Waals surface area (Å²) in [5, 5.41) is 0. The van der Waals surface area contributed by atoms with E-state index in [9.17, 15) is 18.0 Å². The number of amides is 1. The van der Waals surface area contributed by atoms with E-state index in [0.29, 0.717) is 23.8 Å². The van der Waals surface area contributed by atoms with Crippen molar-refractivity contribution in [2.24, 2.45) is 11.7 Å². The molecule has 2 N–H and O–H groups in total. The fourth-order valence-corrected chi connectivity index (χ4v) is 5.72. The molecule has 1 amide bonds. The minimum atomic E-state index is -1.25. The third-order valence-electron chi connectivity index (χ3n) is 8.08. The third-order valence-corrected chi connectivity index (χ3v) is 8.08. The van der Waals surface area contributed by atoms with Gasteiger partial charge < -0.3 is 15.4 Å². The molecular weight excluding hydrogens is 503 g/mol. The quantitative estimate of drug-likeness (QED) is 0.360. The molecule has 3 aromatic carbocycles. The Bertz CT molecular complexity index is 1320. The molecule has 0 aliphatic carbocycles. The maximum absolute atomic E-state index is 13.9. The Morgan fingerprint density at radius 1 is 0.872 bits per heavy atom. The number of nitrogens with zero attached hydrogens (tertiary/aromatic N) is 2. The van der Waals surface area contributed by atoms with E-state index in [4.69, 9.17) is 10.5 Å². The number of anilines is 1. The van der Waals surface area contributed by atoms with Crippen molar-refractivity contribution in [1.29, 1.82) is 0 Å². The Labute approximate surface area is 227 Å². The van der Waals surface area contributed by atoms with Gasteiger partial charge >= 0.3 is 0 Å². The van der Waals surface area contributed by atoms with Crippen LogP contribution in [0.3, 0.4) is 0 Å². The molecule has 0 saturated carbocycles. The molecular formula is C31H34F3N3O2. The minimum Gasteiger partial charge on any atom is -0.454 e. The summed E-state index contributed by atoms with van der Waals surface area (Å²) in [6, 6.07) is 15.2. The lowest BCUT2D eigenvalue weighted by atomic mass is 9.86. The second kappa shape index (κ2) is 11.7. The maximum atomic E-state index is 13.9. The first-order valence-corrected chi connectivity index (χ1v) is 13.6. The number of carbonyl (C=O) groups is 1. The molecule has 0 atom stereocenters. The molecule has 2 heterocycles. The van der Waals surface area contributed by atoms with Crippen molar-refractivity contribution in [1.82, 2.24) is 4.90 Å². The predicted octanol–water partition coefficient (Wildman–Crippen LogP) is 6.29. The van der Waals surface area contributed by atoms with Gasteiger partial charge in [-0.2, -0.15) is 0 Å². The molecule has 5 nitrogen and oxygen atoms in total. The third kappa shape index (κ3) is 6.38. The zero-order chi connectivity index (χ0) is 27.5. The van der Waals surface area contributed by atoms with Crippen LogP contribution in [-0.2, 0) is 11.3 Å². The van der Waals surface area contributed by atoms with Gasteiger partial charge in [0.1, 0.15) is 5.75 Å². The number of primary amides is 1. The van der Waals surface area contributed by atoms with Crippen molar-refractivity contribution in [2.45, 2.75) is 45.1 Å². The Kier molecular flexibility index (Phi) is 8.12. The Balaban J connectivity index is 1.15. The lowest BCUT2D eigenvalue weighted by Gasteiger charge is -2.35. The number of carbonyl (C=O) groups excluding carboxylic acids is 1. The smallest absolute Gasteiger partial charge is 0.220 e. The van der Waals surface area contributed by atoms with Crippen molar-refractivity contribution >= 4 is 11.6 Å². The molecule has 0 radical (unpaired) electrons. The number of likely N-dealkylation sites (tertiary alicyclic amines) is 1. The molecule has 0 aromatic heterocycles. The number of hydrogen-bond acceptors (Lipinski definition) is 4. The van der Waals surface area contributed by atoms with Gasteiger partial charge in [0.2, 0.25) is 5.91 Å². The average molecular weight is 538 g/mol. The first-order chi connectivity index (χ1) is 18.8. The fraction of sp³-hybridized carbons (Fsp3) is 0.387. The summed E-state index contributed by atoms with van der Waals surface area (Å²) in [6.07, 6.45) is 3.77. The molecule has 206 valence electrons. The van der Waals surface area contributed by atoms with Crippen LogP contribution in [0.15, 0.2) is 54.6 Å². The molecule has 39 heavy (non-hydrogen) atoms. The summed E-state index contributed by atoms with van der Waals surface area (Å²) in [5.74, 6) is -3.04. The van der Waals surface area contributed by atoms with E-state index in [-0.39, 0.29) is 17.6 Å². The average Bonchev–Trinajstić information content (AvgIpc) is 2.93. The first-order valence-electron chi connectivity index (χ1n) is 13.6. The summed E-state index contributed by atoms with van der Waals surface area (Å²) in [7, 11) is 0. The van der Waals surface area contributed by atoms with Gasteiger partial charge in [0.15, 0.2) is 23.2 Å². The van der Waals surface area contributed by atoms with Crippen molar-refractivity contribution in [2.75, 3.05) is 31.1 Å². The van der Waals surface area contributed by atoms with E-state index < -0.39 is 17.5 Å². The maximum Gasteiger partial charge on any atom is 0.220 e. The normalized spacial score (nSPS) is 17.4. The highest BCUT2D eigenvalue weighted by Crippen LogP contribution is 2.34. The molecule has 2 saturated heterocycles. The van der Waals surface area contributed by atoms with E-state index in [1.54, 1.807) is 12.1 Å². The minimum absolute atomic E-state index is 0.0124. The number of aryl methyl sites for hydroxylation is 1. The zero-order valence-electron chi connectivity index (χ0n) is 22.1. The van der Waals surface area contributed by atoms with Crippen LogP contribution >= 0.6 is 0 Å². The highest BCUT2D eigenvalue weighted by atomic mass is 19.2. The van der Waals surface area contributed by atoms with Crippen LogP contribution < -0.4 is 15.4 Å². The van der Waals surface area contributed by atoms with E-state index in [0.717, 1.165) is 64.0 Å². The number of rotatable bonds is 7. The van der Waals surface area contributed by atoms with Crippen molar-refractivity contribution in [3.05, 3.63) is 88.7 Å². The number of hydrogen-bond donors (Lipinski definition) is 1. The summed E-state index contributed by atoms with van der Waals surface area (Å²) in [5.41, 5.74) is 10.6. The summed E-state index contributed by atoms with van der Waals surface area (Å²) < 4.78 is 45.9. The summed E-state index contributed by atoms with van der Waals surface area (Å²) in [6.45, 7) is 6.65. The van der Waals surface area contributed by atoms with Crippen LogP contribution in [0.5, 0.6) is 11.5 Å². The van der Waals surface area contributed by atoms with Crippen LogP contribution in [0.2, 0.25) is 0 Å². The van der Waals surface area contributed by atoms with Crippen LogP contribution in [0.1, 0.15) is 48.3 Å². The molecule has 2 aliphatic heterocycles. The van der Waals surface area contributed by atoms with Gasteiger partial charge in [0.05, 0.1) is 0 Å². The van der Waals surface area contributed by atoms with Gasteiger partial charge in [-0.1, -0.05) is 18.2 Å². The SMILES string of the molecule is Cc1ccc(N2CCC(C(N)=O)CC2)cc1C1CCN(Cc2ccc(Oc3cc(F)c(F)cc3F)cc2)CC1. The van der Waals surface area contributed by atoms with Gasteiger partial charge in [-0.25, -0.2) is 13.2 Å². The van der Waals surface area contributed by atoms with E-state index in [1.807, 2.05) is 12.1 Å². The Hall–Kier alpha value is -3.52. The Morgan fingerprint density at radius 2 is 1.54 bits per heavy atom. The topological polar surface area (TPSA) is 58.8 Å². The second-order valence-corrected chi connectivity index (χ2v) is 10.7. The number of benzene rings is 3. The molecule has 8 heteroatoms.